The third kappa shape index (κ3) is 1.55. The normalized spacial score (nSPS) is 15.6. The summed E-state index contributed by atoms with van der Waals surface area (Å²) in [5, 5.41) is 0. The van der Waals surface area contributed by atoms with Crippen LogP contribution in [-0.2, 0) is 4.79 Å². The third-order valence-electron chi connectivity index (χ3n) is 3.62. The van der Waals surface area contributed by atoms with Gasteiger partial charge in [-0.2, -0.15) is 0 Å². The fourth-order valence-corrected chi connectivity index (χ4v) is 2.82. The number of carbonyl (C=O) groups is 1. The number of benzene rings is 2. The molecular weight excluding hydrogens is 240 g/mol. The van der Waals surface area contributed by atoms with Gasteiger partial charge in [-0.05, 0) is 23.3 Å². The zero-order valence-corrected chi connectivity index (χ0v) is 10.8. The van der Waals surface area contributed by atoms with Crippen LogP contribution in [0.4, 0.5) is 0 Å². The maximum Gasteiger partial charge on any atom is 0.132 e. The standard InChI is InChI=1S/C16H14O3/c1-18-13-7-3-5-10-12(9-17)16-11(15(10)13)6-4-8-14(16)19-2/h3-9,12H,1-2H3. The maximum absolute atomic E-state index is 11.5. The molecule has 1 aliphatic carbocycles. The Hall–Kier alpha value is -2.29. The first-order chi connectivity index (χ1) is 9.31. The summed E-state index contributed by atoms with van der Waals surface area (Å²) in [6.07, 6.45) is 0.965. The van der Waals surface area contributed by atoms with Crippen molar-refractivity contribution in [3.63, 3.8) is 0 Å². The van der Waals surface area contributed by atoms with E-state index in [4.69, 9.17) is 9.47 Å². The van der Waals surface area contributed by atoms with E-state index in [1.165, 1.54) is 0 Å². The smallest absolute Gasteiger partial charge is 0.132 e. The molecule has 3 rings (SSSR count). The number of rotatable bonds is 3. The van der Waals surface area contributed by atoms with Gasteiger partial charge in [0.1, 0.15) is 17.8 Å². The summed E-state index contributed by atoms with van der Waals surface area (Å²) in [5.41, 5.74) is 3.92. The second kappa shape index (κ2) is 4.43. The Morgan fingerprint density at radius 3 is 2.37 bits per heavy atom. The van der Waals surface area contributed by atoms with Crippen molar-refractivity contribution in [3.05, 3.63) is 47.5 Å². The monoisotopic (exact) mass is 254 g/mol. The van der Waals surface area contributed by atoms with E-state index in [-0.39, 0.29) is 5.92 Å². The number of aldehydes is 1. The van der Waals surface area contributed by atoms with Gasteiger partial charge in [0.2, 0.25) is 0 Å². The fourth-order valence-electron chi connectivity index (χ4n) is 2.82. The first kappa shape index (κ1) is 11.8. The van der Waals surface area contributed by atoms with Crippen molar-refractivity contribution < 1.29 is 14.3 Å². The van der Waals surface area contributed by atoms with E-state index >= 15 is 0 Å². The topological polar surface area (TPSA) is 35.5 Å². The lowest BCUT2D eigenvalue weighted by atomic mass is 9.98. The Kier molecular flexibility index (Phi) is 2.75. The second-order valence-corrected chi connectivity index (χ2v) is 4.46. The molecule has 0 saturated heterocycles. The highest BCUT2D eigenvalue weighted by Gasteiger charge is 2.33. The van der Waals surface area contributed by atoms with Crippen molar-refractivity contribution in [2.75, 3.05) is 14.2 Å². The number of hydrogen-bond acceptors (Lipinski definition) is 3. The molecule has 0 fully saturated rings. The summed E-state index contributed by atoms with van der Waals surface area (Å²) < 4.78 is 10.8. The van der Waals surface area contributed by atoms with Crippen LogP contribution < -0.4 is 9.47 Å². The predicted octanol–water partition coefficient (Wildman–Crippen LogP) is 3.02. The molecular formula is C16H14O3. The number of hydrogen-bond donors (Lipinski definition) is 0. The van der Waals surface area contributed by atoms with Gasteiger partial charge >= 0.3 is 0 Å². The molecule has 3 nitrogen and oxygen atoms in total. The molecule has 1 unspecified atom stereocenters. The molecule has 0 saturated carbocycles. The lowest BCUT2D eigenvalue weighted by Gasteiger charge is -2.10. The molecule has 96 valence electrons. The van der Waals surface area contributed by atoms with Crippen LogP contribution in [0.2, 0.25) is 0 Å². The number of fused-ring (bicyclic) bond motifs is 3. The summed E-state index contributed by atoms with van der Waals surface area (Å²) in [4.78, 5) is 11.5. The minimum Gasteiger partial charge on any atom is -0.496 e. The van der Waals surface area contributed by atoms with Crippen molar-refractivity contribution in [2.24, 2.45) is 0 Å². The Balaban J connectivity index is 2.36. The lowest BCUT2D eigenvalue weighted by molar-refractivity contribution is -0.108. The molecule has 0 bridgehead atoms. The highest BCUT2D eigenvalue weighted by Crippen LogP contribution is 2.51. The van der Waals surface area contributed by atoms with Gasteiger partial charge in [0.05, 0.1) is 20.1 Å². The van der Waals surface area contributed by atoms with E-state index in [2.05, 4.69) is 0 Å². The number of ether oxygens (including phenoxy) is 2. The average Bonchev–Trinajstić information content (AvgIpc) is 2.80. The van der Waals surface area contributed by atoms with Crippen LogP contribution in [0.5, 0.6) is 11.5 Å². The van der Waals surface area contributed by atoms with Gasteiger partial charge in [-0.25, -0.2) is 0 Å². The molecule has 2 aromatic carbocycles. The average molecular weight is 254 g/mol. The molecule has 0 aliphatic heterocycles. The Bertz CT molecular complexity index is 646. The molecule has 0 aromatic heterocycles. The Morgan fingerprint density at radius 2 is 1.68 bits per heavy atom. The second-order valence-electron chi connectivity index (χ2n) is 4.46. The number of methoxy groups -OCH3 is 2. The van der Waals surface area contributed by atoms with Gasteiger partial charge in [0, 0.05) is 11.1 Å². The first-order valence-corrected chi connectivity index (χ1v) is 6.11. The van der Waals surface area contributed by atoms with Crippen molar-refractivity contribution in [1.82, 2.24) is 0 Å². The lowest BCUT2D eigenvalue weighted by Crippen LogP contribution is -2.00. The van der Waals surface area contributed by atoms with Crippen LogP contribution in [-0.4, -0.2) is 20.5 Å². The summed E-state index contributed by atoms with van der Waals surface area (Å²) in [5.74, 6) is 1.25. The van der Waals surface area contributed by atoms with Gasteiger partial charge in [0.15, 0.2) is 0 Å². The van der Waals surface area contributed by atoms with Crippen molar-refractivity contribution in [2.45, 2.75) is 5.92 Å². The fraction of sp³-hybridized carbons (Fsp3) is 0.188. The Labute approximate surface area is 111 Å². The van der Waals surface area contributed by atoms with E-state index in [0.29, 0.717) is 0 Å². The van der Waals surface area contributed by atoms with Crippen LogP contribution in [0.3, 0.4) is 0 Å². The number of carbonyl (C=O) groups excluding carboxylic acids is 1. The van der Waals surface area contributed by atoms with Crippen molar-refractivity contribution in [1.29, 1.82) is 0 Å². The third-order valence-corrected chi connectivity index (χ3v) is 3.62. The van der Waals surface area contributed by atoms with E-state index in [1.807, 2.05) is 36.4 Å². The van der Waals surface area contributed by atoms with Gasteiger partial charge in [-0.3, -0.25) is 0 Å². The van der Waals surface area contributed by atoms with Crippen LogP contribution in [0.1, 0.15) is 17.0 Å². The van der Waals surface area contributed by atoms with Crippen LogP contribution in [0.15, 0.2) is 36.4 Å². The molecule has 19 heavy (non-hydrogen) atoms. The first-order valence-electron chi connectivity index (χ1n) is 6.11. The molecule has 0 N–H and O–H groups in total. The highest BCUT2D eigenvalue weighted by molar-refractivity contribution is 5.92. The van der Waals surface area contributed by atoms with Gasteiger partial charge in [-0.15, -0.1) is 0 Å². The minimum absolute atomic E-state index is 0.281. The molecule has 0 heterocycles. The molecule has 1 atom stereocenters. The van der Waals surface area contributed by atoms with Gasteiger partial charge in [0.25, 0.3) is 0 Å². The van der Waals surface area contributed by atoms with E-state index < -0.39 is 0 Å². The largest absolute Gasteiger partial charge is 0.496 e. The van der Waals surface area contributed by atoms with Crippen molar-refractivity contribution in [3.8, 4) is 22.6 Å². The molecule has 0 amide bonds. The van der Waals surface area contributed by atoms with Gasteiger partial charge < -0.3 is 14.3 Å². The quantitative estimate of drug-likeness (QED) is 0.790. The Morgan fingerprint density at radius 1 is 1.00 bits per heavy atom. The van der Waals surface area contributed by atoms with E-state index in [0.717, 1.165) is 40.0 Å². The predicted molar refractivity (Wildman–Crippen MR) is 72.9 cm³/mol. The molecule has 0 radical (unpaired) electrons. The summed E-state index contributed by atoms with van der Waals surface area (Å²) in [6, 6.07) is 11.6. The van der Waals surface area contributed by atoms with Crippen LogP contribution in [0, 0.1) is 0 Å². The zero-order chi connectivity index (χ0) is 13.4. The SMILES string of the molecule is COc1cccc2c1-c1cccc(OC)c1C2C=O. The molecule has 0 spiro atoms. The zero-order valence-electron chi connectivity index (χ0n) is 10.8. The highest BCUT2D eigenvalue weighted by atomic mass is 16.5. The summed E-state index contributed by atoms with van der Waals surface area (Å²) in [6.45, 7) is 0. The van der Waals surface area contributed by atoms with Gasteiger partial charge in [-0.1, -0.05) is 24.3 Å². The minimum atomic E-state index is -0.281. The molecule has 2 aromatic rings. The molecule has 3 heteroatoms. The summed E-state index contributed by atoms with van der Waals surface area (Å²) in [7, 11) is 3.27. The van der Waals surface area contributed by atoms with Crippen molar-refractivity contribution >= 4 is 6.29 Å². The maximum atomic E-state index is 11.5. The van der Waals surface area contributed by atoms with Crippen LogP contribution in [0.25, 0.3) is 11.1 Å². The van der Waals surface area contributed by atoms with E-state index in [1.54, 1.807) is 14.2 Å². The van der Waals surface area contributed by atoms with E-state index in [9.17, 15) is 4.79 Å². The molecule has 1 aliphatic rings. The summed E-state index contributed by atoms with van der Waals surface area (Å²) >= 11 is 0. The van der Waals surface area contributed by atoms with Crippen LogP contribution >= 0.6 is 0 Å².